The van der Waals surface area contributed by atoms with E-state index in [1.807, 2.05) is 30.3 Å². The maximum absolute atomic E-state index is 12.6. The van der Waals surface area contributed by atoms with E-state index in [0.29, 0.717) is 5.92 Å². The minimum Gasteiger partial charge on any atom is -0.207 e. The van der Waals surface area contributed by atoms with Crippen LogP contribution >= 0.6 is 15.9 Å². The van der Waals surface area contributed by atoms with Crippen molar-refractivity contribution in [1.29, 1.82) is 0 Å². The molecule has 0 amide bonds. The molecular weight excluding hydrogens is 362 g/mol. The van der Waals surface area contributed by atoms with Gasteiger partial charge in [0.2, 0.25) is 10.0 Å². The molecule has 0 heterocycles. The van der Waals surface area contributed by atoms with Gasteiger partial charge in [-0.15, -0.1) is 0 Å². The number of hydrogen-bond donors (Lipinski definition) is 1. The van der Waals surface area contributed by atoms with Gasteiger partial charge in [-0.2, -0.15) is 0 Å². The van der Waals surface area contributed by atoms with Crippen molar-refractivity contribution in [2.45, 2.75) is 31.2 Å². The predicted octanol–water partition coefficient (Wildman–Crippen LogP) is 4.51. The van der Waals surface area contributed by atoms with Crippen molar-refractivity contribution in [2.75, 3.05) is 0 Å². The lowest BCUT2D eigenvalue weighted by atomic mass is 9.98. The Labute approximate surface area is 140 Å². The number of rotatable bonds is 6. The molecule has 0 bridgehead atoms. The molecule has 0 spiro atoms. The van der Waals surface area contributed by atoms with E-state index in [0.717, 1.165) is 16.5 Å². The monoisotopic (exact) mass is 381 g/mol. The van der Waals surface area contributed by atoms with E-state index in [-0.39, 0.29) is 10.9 Å². The predicted molar refractivity (Wildman–Crippen MR) is 93.1 cm³/mol. The maximum atomic E-state index is 12.6. The van der Waals surface area contributed by atoms with Gasteiger partial charge in [-0.05, 0) is 42.2 Å². The molecule has 0 radical (unpaired) electrons. The first-order chi connectivity index (χ1) is 10.4. The minimum absolute atomic E-state index is 0.227. The van der Waals surface area contributed by atoms with E-state index in [1.54, 1.807) is 24.3 Å². The molecule has 0 unspecified atom stereocenters. The van der Waals surface area contributed by atoms with Crippen molar-refractivity contribution in [3.05, 3.63) is 64.6 Å². The van der Waals surface area contributed by atoms with Gasteiger partial charge in [0, 0.05) is 10.5 Å². The lowest BCUT2D eigenvalue weighted by molar-refractivity contribution is 0.472. The van der Waals surface area contributed by atoms with Gasteiger partial charge in [0.25, 0.3) is 0 Å². The summed E-state index contributed by atoms with van der Waals surface area (Å²) >= 11 is 3.32. The molecule has 0 aromatic heterocycles. The molecule has 0 aliphatic heterocycles. The Morgan fingerprint density at radius 3 is 2.14 bits per heavy atom. The molecule has 1 atom stereocenters. The molecule has 0 aliphatic rings. The Bertz CT molecular complexity index is 697. The zero-order valence-corrected chi connectivity index (χ0v) is 15.1. The van der Waals surface area contributed by atoms with Gasteiger partial charge >= 0.3 is 0 Å². The fraction of sp³-hybridized carbons (Fsp3) is 0.294. The second kappa shape index (κ2) is 7.40. The smallest absolute Gasteiger partial charge is 0.207 e. The number of hydrogen-bond acceptors (Lipinski definition) is 2. The van der Waals surface area contributed by atoms with Crippen LogP contribution in [-0.4, -0.2) is 8.42 Å². The summed E-state index contributed by atoms with van der Waals surface area (Å²) in [6.07, 6.45) is 0.750. The van der Waals surface area contributed by atoms with Crippen LogP contribution < -0.4 is 4.72 Å². The van der Waals surface area contributed by atoms with Gasteiger partial charge in [-0.3, -0.25) is 0 Å². The Kier molecular flexibility index (Phi) is 5.78. The number of nitrogens with one attached hydrogen (secondary N) is 1. The van der Waals surface area contributed by atoms with Crippen molar-refractivity contribution in [1.82, 2.24) is 4.72 Å². The Morgan fingerprint density at radius 2 is 1.59 bits per heavy atom. The second-order valence-electron chi connectivity index (χ2n) is 5.67. The third kappa shape index (κ3) is 4.66. The minimum atomic E-state index is -3.54. The van der Waals surface area contributed by atoms with Crippen LogP contribution in [0.15, 0.2) is 64.0 Å². The molecule has 118 valence electrons. The average molecular weight is 382 g/mol. The van der Waals surface area contributed by atoms with Crippen molar-refractivity contribution in [3.8, 4) is 0 Å². The Hall–Kier alpha value is -1.17. The lowest BCUT2D eigenvalue weighted by Gasteiger charge is -2.21. The highest BCUT2D eigenvalue weighted by Gasteiger charge is 2.22. The average Bonchev–Trinajstić information content (AvgIpc) is 2.47. The molecule has 0 aliphatic carbocycles. The summed E-state index contributed by atoms with van der Waals surface area (Å²) in [6, 6.07) is 16.1. The van der Waals surface area contributed by atoms with Crippen molar-refractivity contribution < 1.29 is 8.42 Å². The number of sulfonamides is 1. The summed E-state index contributed by atoms with van der Waals surface area (Å²) in [4.78, 5) is 0.278. The van der Waals surface area contributed by atoms with Crippen LogP contribution in [0.25, 0.3) is 0 Å². The first-order valence-corrected chi connectivity index (χ1v) is 9.49. The summed E-state index contributed by atoms with van der Waals surface area (Å²) in [5.41, 5.74) is 0.983. The van der Waals surface area contributed by atoms with Crippen LogP contribution in [0.1, 0.15) is 31.9 Å². The number of halogens is 1. The highest BCUT2D eigenvalue weighted by molar-refractivity contribution is 9.10. The fourth-order valence-corrected chi connectivity index (χ4v) is 3.78. The lowest BCUT2D eigenvalue weighted by Crippen LogP contribution is -2.29. The third-order valence-corrected chi connectivity index (χ3v) is 5.35. The van der Waals surface area contributed by atoms with Gasteiger partial charge in [0.15, 0.2) is 0 Å². The first kappa shape index (κ1) is 17.2. The molecule has 22 heavy (non-hydrogen) atoms. The normalized spacial score (nSPS) is 13.3. The van der Waals surface area contributed by atoms with E-state index in [1.165, 1.54) is 0 Å². The Balaban J connectivity index is 2.28. The van der Waals surface area contributed by atoms with Gasteiger partial charge in [-0.25, -0.2) is 13.1 Å². The Morgan fingerprint density at radius 1 is 1.00 bits per heavy atom. The highest BCUT2D eigenvalue weighted by Crippen LogP contribution is 2.24. The van der Waals surface area contributed by atoms with Gasteiger partial charge in [-0.1, -0.05) is 60.1 Å². The van der Waals surface area contributed by atoms with Gasteiger partial charge in [0.05, 0.1) is 4.90 Å². The van der Waals surface area contributed by atoms with Gasteiger partial charge < -0.3 is 0 Å². The topological polar surface area (TPSA) is 46.2 Å². The van der Waals surface area contributed by atoms with E-state index in [2.05, 4.69) is 34.5 Å². The zero-order chi connectivity index (χ0) is 16.2. The highest BCUT2D eigenvalue weighted by atomic mass is 79.9. The number of benzene rings is 2. The zero-order valence-electron chi connectivity index (χ0n) is 12.7. The van der Waals surface area contributed by atoms with Crippen LogP contribution in [0.2, 0.25) is 0 Å². The molecule has 5 heteroatoms. The third-order valence-electron chi connectivity index (χ3n) is 3.33. The standard InChI is InChI=1S/C17H20BrNO2S/c1-13(2)12-17(14-6-4-3-5-7-14)19-22(20,21)16-10-8-15(18)9-11-16/h3-11,13,17,19H,12H2,1-2H3/t17-/m1/s1. The van der Waals surface area contributed by atoms with Crippen LogP contribution in [0.3, 0.4) is 0 Å². The molecule has 2 aromatic carbocycles. The van der Waals surface area contributed by atoms with Crippen molar-refractivity contribution in [3.63, 3.8) is 0 Å². The van der Waals surface area contributed by atoms with Crippen LogP contribution in [0, 0.1) is 5.92 Å². The molecule has 1 N–H and O–H groups in total. The molecule has 2 aromatic rings. The summed E-state index contributed by atoms with van der Waals surface area (Å²) in [5, 5.41) is 0. The second-order valence-corrected chi connectivity index (χ2v) is 8.30. The summed E-state index contributed by atoms with van der Waals surface area (Å²) in [7, 11) is -3.54. The molecule has 0 fully saturated rings. The van der Waals surface area contributed by atoms with E-state index >= 15 is 0 Å². The summed E-state index contributed by atoms with van der Waals surface area (Å²) in [6.45, 7) is 4.17. The van der Waals surface area contributed by atoms with Crippen molar-refractivity contribution >= 4 is 26.0 Å². The van der Waals surface area contributed by atoms with Crippen LogP contribution in [0.5, 0.6) is 0 Å². The maximum Gasteiger partial charge on any atom is 0.241 e. The molecule has 0 saturated heterocycles. The SMILES string of the molecule is CC(C)C[C@@H](NS(=O)(=O)c1ccc(Br)cc1)c1ccccc1. The molecule has 2 rings (SSSR count). The van der Waals surface area contributed by atoms with Crippen LogP contribution in [-0.2, 0) is 10.0 Å². The largest absolute Gasteiger partial charge is 0.241 e. The molecule has 3 nitrogen and oxygen atoms in total. The molecule has 0 saturated carbocycles. The van der Waals surface area contributed by atoms with E-state index < -0.39 is 10.0 Å². The quantitative estimate of drug-likeness (QED) is 0.799. The van der Waals surface area contributed by atoms with Gasteiger partial charge in [0.1, 0.15) is 0 Å². The van der Waals surface area contributed by atoms with Crippen LogP contribution in [0.4, 0.5) is 0 Å². The molecular formula is C17H20BrNO2S. The van der Waals surface area contributed by atoms with E-state index in [9.17, 15) is 8.42 Å². The summed E-state index contributed by atoms with van der Waals surface area (Å²) < 4.78 is 28.9. The van der Waals surface area contributed by atoms with E-state index in [4.69, 9.17) is 0 Å². The summed E-state index contributed by atoms with van der Waals surface area (Å²) in [5.74, 6) is 0.387. The fourth-order valence-electron chi connectivity index (χ4n) is 2.28. The first-order valence-electron chi connectivity index (χ1n) is 7.21. The van der Waals surface area contributed by atoms with Crippen molar-refractivity contribution in [2.24, 2.45) is 5.92 Å².